The number of methoxy groups -OCH3 is 1. The van der Waals surface area contributed by atoms with E-state index in [1.54, 1.807) is 19.4 Å². The van der Waals surface area contributed by atoms with Crippen LogP contribution in [0.4, 0.5) is 0 Å². The molecule has 0 spiro atoms. The normalized spacial score (nSPS) is 12.8. The first-order valence-corrected chi connectivity index (χ1v) is 4.20. The smallest absolute Gasteiger partial charge is 0.267 e. The highest BCUT2D eigenvalue weighted by Crippen LogP contribution is 1.92. The third-order valence-corrected chi connectivity index (χ3v) is 1.84. The van der Waals surface area contributed by atoms with E-state index in [9.17, 15) is 4.79 Å². The average Bonchev–Trinajstić information content (AvgIpc) is 2.09. The Morgan fingerprint density at radius 1 is 1.69 bits per heavy atom. The van der Waals surface area contributed by atoms with Gasteiger partial charge in [-0.1, -0.05) is 0 Å². The second-order valence-corrected chi connectivity index (χ2v) is 3.10. The van der Waals surface area contributed by atoms with Crippen LogP contribution in [0.3, 0.4) is 0 Å². The third-order valence-electron chi connectivity index (χ3n) is 1.84. The molecule has 0 aliphatic heterocycles. The number of rotatable bonds is 3. The number of hydrogen-bond acceptors (Lipinski definition) is 3. The molecule has 0 saturated heterocycles. The van der Waals surface area contributed by atoms with Crippen molar-refractivity contribution in [3.8, 4) is 0 Å². The molecule has 1 atom stereocenters. The molecule has 1 aromatic heterocycles. The van der Waals surface area contributed by atoms with Crippen molar-refractivity contribution in [3.63, 3.8) is 0 Å². The van der Waals surface area contributed by atoms with Crippen LogP contribution in [0.1, 0.15) is 12.5 Å². The van der Waals surface area contributed by atoms with E-state index in [0.717, 1.165) is 5.56 Å². The second-order valence-electron chi connectivity index (χ2n) is 3.10. The van der Waals surface area contributed by atoms with Crippen molar-refractivity contribution in [2.24, 2.45) is 0 Å². The van der Waals surface area contributed by atoms with Crippen molar-refractivity contribution in [2.45, 2.75) is 26.5 Å². The minimum atomic E-state index is -0.0797. The number of aryl methyl sites for hydroxylation is 1. The molecule has 4 nitrogen and oxygen atoms in total. The van der Waals surface area contributed by atoms with E-state index in [2.05, 4.69) is 5.10 Å². The van der Waals surface area contributed by atoms with Gasteiger partial charge >= 0.3 is 0 Å². The predicted molar refractivity (Wildman–Crippen MR) is 49.7 cm³/mol. The summed E-state index contributed by atoms with van der Waals surface area (Å²) < 4.78 is 6.44. The van der Waals surface area contributed by atoms with Gasteiger partial charge in [0.25, 0.3) is 5.56 Å². The van der Waals surface area contributed by atoms with Crippen molar-refractivity contribution in [3.05, 3.63) is 28.2 Å². The zero-order chi connectivity index (χ0) is 9.84. The first-order valence-electron chi connectivity index (χ1n) is 4.20. The fourth-order valence-electron chi connectivity index (χ4n) is 0.979. The van der Waals surface area contributed by atoms with Crippen LogP contribution < -0.4 is 5.56 Å². The maximum Gasteiger partial charge on any atom is 0.267 e. The minimum Gasteiger partial charge on any atom is -0.380 e. The summed E-state index contributed by atoms with van der Waals surface area (Å²) in [7, 11) is 1.61. The zero-order valence-electron chi connectivity index (χ0n) is 8.15. The van der Waals surface area contributed by atoms with E-state index < -0.39 is 0 Å². The van der Waals surface area contributed by atoms with Crippen LogP contribution >= 0.6 is 0 Å². The van der Waals surface area contributed by atoms with E-state index in [1.165, 1.54) is 4.68 Å². The first kappa shape index (κ1) is 9.92. The van der Waals surface area contributed by atoms with Gasteiger partial charge in [0, 0.05) is 13.2 Å². The highest BCUT2D eigenvalue weighted by molar-refractivity contribution is 5.02. The zero-order valence-corrected chi connectivity index (χ0v) is 8.15. The monoisotopic (exact) mass is 182 g/mol. The maximum atomic E-state index is 11.3. The standard InChI is InChI=1S/C9H14N2O2/c1-7-4-9(12)11(10-5-7)6-8(2)13-3/h4-5,8H,6H2,1-3H3. The molecule has 0 bridgehead atoms. The number of hydrogen-bond donors (Lipinski definition) is 0. The van der Waals surface area contributed by atoms with Gasteiger partial charge in [0.2, 0.25) is 0 Å². The molecule has 1 aromatic rings. The Balaban J connectivity index is 2.84. The Kier molecular flexibility index (Phi) is 3.19. The highest BCUT2D eigenvalue weighted by Gasteiger charge is 2.03. The van der Waals surface area contributed by atoms with Crippen molar-refractivity contribution in [2.75, 3.05) is 7.11 Å². The number of aromatic nitrogens is 2. The Labute approximate surface area is 77.1 Å². The fraction of sp³-hybridized carbons (Fsp3) is 0.556. The molecule has 0 aliphatic carbocycles. The molecule has 0 fully saturated rings. The van der Waals surface area contributed by atoms with Crippen LogP contribution in [0.2, 0.25) is 0 Å². The van der Waals surface area contributed by atoms with Crippen molar-refractivity contribution < 1.29 is 4.74 Å². The molecular formula is C9H14N2O2. The highest BCUT2D eigenvalue weighted by atomic mass is 16.5. The molecule has 1 unspecified atom stereocenters. The van der Waals surface area contributed by atoms with Gasteiger partial charge in [-0.3, -0.25) is 4.79 Å². The van der Waals surface area contributed by atoms with E-state index in [-0.39, 0.29) is 11.7 Å². The van der Waals surface area contributed by atoms with Crippen molar-refractivity contribution in [1.29, 1.82) is 0 Å². The molecular weight excluding hydrogens is 168 g/mol. The number of ether oxygens (including phenoxy) is 1. The summed E-state index contributed by atoms with van der Waals surface area (Å²) in [6.07, 6.45) is 1.68. The SMILES string of the molecule is COC(C)Cn1ncc(C)cc1=O. The summed E-state index contributed by atoms with van der Waals surface area (Å²) in [6.45, 7) is 4.24. The van der Waals surface area contributed by atoms with Crippen LogP contribution in [0, 0.1) is 6.92 Å². The van der Waals surface area contributed by atoms with Crippen LogP contribution in [0.25, 0.3) is 0 Å². The van der Waals surface area contributed by atoms with Gasteiger partial charge < -0.3 is 4.74 Å². The molecule has 0 aliphatic rings. The van der Waals surface area contributed by atoms with Crippen molar-refractivity contribution >= 4 is 0 Å². The van der Waals surface area contributed by atoms with E-state index >= 15 is 0 Å². The number of nitrogens with zero attached hydrogens (tertiary/aromatic N) is 2. The van der Waals surface area contributed by atoms with E-state index in [4.69, 9.17) is 4.74 Å². The summed E-state index contributed by atoms with van der Waals surface area (Å²) in [4.78, 5) is 11.3. The van der Waals surface area contributed by atoms with Gasteiger partial charge in [0.05, 0.1) is 18.8 Å². The molecule has 0 N–H and O–H groups in total. The van der Waals surface area contributed by atoms with Gasteiger partial charge in [-0.05, 0) is 19.4 Å². The lowest BCUT2D eigenvalue weighted by atomic mass is 10.3. The van der Waals surface area contributed by atoms with Crippen LogP contribution in [0.15, 0.2) is 17.1 Å². The van der Waals surface area contributed by atoms with Gasteiger partial charge in [0.15, 0.2) is 0 Å². The molecule has 13 heavy (non-hydrogen) atoms. The molecule has 0 aromatic carbocycles. The average molecular weight is 182 g/mol. The topological polar surface area (TPSA) is 44.1 Å². The van der Waals surface area contributed by atoms with Gasteiger partial charge in [-0.25, -0.2) is 4.68 Å². The summed E-state index contributed by atoms with van der Waals surface area (Å²) in [5, 5.41) is 3.99. The summed E-state index contributed by atoms with van der Waals surface area (Å²) in [6, 6.07) is 1.56. The largest absolute Gasteiger partial charge is 0.380 e. The van der Waals surface area contributed by atoms with Gasteiger partial charge in [0.1, 0.15) is 0 Å². The third kappa shape index (κ3) is 2.66. The van der Waals surface area contributed by atoms with Crippen LogP contribution in [-0.2, 0) is 11.3 Å². The molecule has 0 amide bonds. The quantitative estimate of drug-likeness (QED) is 0.687. The molecule has 72 valence electrons. The van der Waals surface area contributed by atoms with Gasteiger partial charge in [-0.2, -0.15) is 5.10 Å². The summed E-state index contributed by atoms with van der Waals surface area (Å²) >= 11 is 0. The molecule has 0 radical (unpaired) electrons. The Morgan fingerprint density at radius 2 is 2.38 bits per heavy atom. The van der Waals surface area contributed by atoms with Crippen molar-refractivity contribution in [1.82, 2.24) is 9.78 Å². The first-order chi connectivity index (χ1) is 6.13. The summed E-state index contributed by atoms with van der Waals surface area (Å²) in [5.74, 6) is 0. The predicted octanol–water partition coefficient (Wildman–Crippen LogP) is 0.587. The molecule has 1 heterocycles. The van der Waals surface area contributed by atoms with E-state index in [1.807, 2.05) is 13.8 Å². The van der Waals surface area contributed by atoms with E-state index in [0.29, 0.717) is 6.54 Å². The van der Waals surface area contributed by atoms with Crippen LogP contribution in [-0.4, -0.2) is 23.0 Å². The van der Waals surface area contributed by atoms with Gasteiger partial charge in [-0.15, -0.1) is 0 Å². The lowest BCUT2D eigenvalue weighted by Gasteiger charge is -2.09. The Hall–Kier alpha value is -1.16. The lowest BCUT2D eigenvalue weighted by Crippen LogP contribution is -2.27. The Bertz CT molecular complexity index is 333. The molecule has 4 heteroatoms. The Morgan fingerprint density at radius 3 is 2.92 bits per heavy atom. The lowest BCUT2D eigenvalue weighted by molar-refractivity contribution is 0.0983. The van der Waals surface area contributed by atoms with Crippen LogP contribution in [0.5, 0.6) is 0 Å². The fourth-order valence-corrected chi connectivity index (χ4v) is 0.979. The summed E-state index contributed by atoms with van der Waals surface area (Å²) in [5.41, 5.74) is 0.801. The second kappa shape index (κ2) is 4.18. The maximum absolute atomic E-state index is 11.3. The minimum absolute atomic E-state index is 0.00732. The molecule has 0 saturated carbocycles. The molecule has 1 rings (SSSR count).